The van der Waals surface area contributed by atoms with Crippen molar-refractivity contribution in [3.63, 3.8) is 0 Å². The third-order valence-electron chi connectivity index (χ3n) is 3.11. The smallest absolute Gasteiger partial charge is 0.251 e. The summed E-state index contributed by atoms with van der Waals surface area (Å²) in [6.07, 6.45) is 1.40. The van der Waals surface area contributed by atoms with E-state index < -0.39 is 11.8 Å². The number of aliphatic hydroxyl groups is 1. The molecular weight excluding hydrogens is 302 g/mol. The van der Waals surface area contributed by atoms with Crippen molar-refractivity contribution in [1.29, 1.82) is 0 Å². The Morgan fingerprint density at radius 3 is 2.45 bits per heavy atom. The highest BCUT2D eigenvalue weighted by Crippen LogP contribution is 2.12. The number of nitrogens with one attached hydrogen (secondary N) is 2. The van der Waals surface area contributed by atoms with Crippen LogP contribution in [-0.2, 0) is 4.79 Å². The molecule has 0 fully saturated rings. The van der Waals surface area contributed by atoms with Crippen LogP contribution in [0.4, 0.5) is 5.69 Å². The van der Waals surface area contributed by atoms with Crippen LogP contribution in [0.1, 0.15) is 30.1 Å². The number of amides is 2. The van der Waals surface area contributed by atoms with Gasteiger partial charge in [0.05, 0.1) is 10.9 Å². The Bertz CT molecular complexity index is 531. The summed E-state index contributed by atoms with van der Waals surface area (Å²) in [7, 11) is 0. The van der Waals surface area contributed by atoms with Crippen LogP contribution in [0.15, 0.2) is 24.3 Å². The predicted molar refractivity (Wildman–Crippen MR) is 89.7 cm³/mol. The van der Waals surface area contributed by atoms with Gasteiger partial charge in [-0.3, -0.25) is 9.59 Å². The highest BCUT2D eigenvalue weighted by molar-refractivity contribution is 7.80. The monoisotopic (exact) mass is 323 g/mol. The molecule has 0 aromatic heterocycles. The Balaban J connectivity index is 2.54. The summed E-state index contributed by atoms with van der Waals surface area (Å²) in [6.45, 7) is 2.28. The van der Waals surface area contributed by atoms with Gasteiger partial charge in [-0.25, -0.2) is 0 Å². The second-order valence-corrected chi connectivity index (χ2v) is 5.32. The lowest BCUT2D eigenvalue weighted by atomic mass is 10.1. The normalized spacial score (nSPS) is 11.5. The summed E-state index contributed by atoms with van der Waals surface area (Å²) in [5.74, 6) is -1.21. The molecule has 0 aliphatic carbocycles. The fraction of sp³-hybridized carbons (Fsp3) is 0.400. The molecule has 22 heavy (non-hydrogen) atoms. The maximum atomic E-state index is 11.9. The van der Waals surface area contributed by atoms with E-state index in [-0.39, 0.29) is 12.5 Å². The van der Waals surface area contributed by atoms with Crippen molar-refractivity contribution in [3.8, 4) is 0 Å². The molecule has 0 bridgehead atoms. The van der Waals surface area contributed by atoms with Crippen LogP contribution < -0.4 is 16.4 Å². The maximum Gasteiger partial charge on any atom is 0.251 e. The van der Waals surface area contributed by atoms with Gasteiger partial charge in [-0.1, -0.05) is 12.2 Å². The van der Waals surface area contributed by atoms with Crippen LogP contribution in [0.3, 0.4) is 0 Å². The van der Waals surface area contributed by atoms with Crippen LogP contribution in [0.5, 0.6) is 0 Å². The molecule has 1 aromatic carbocycles. The predicted octanol–water partition coefficient (Wildman–Crippen LogP) is 1.05. The van der Waals surface area contributed by atoms with Crippen molar-refractivity contribution in [2.75, 3.05) is 18.5 Å². The molecular formula is C15H21N3O3S. The quantitative estimate of drug-likeness (QED) is 0.423. The molecule has 5 N–H and O–H groups in total. The van der Waals surface area contributed by atoms with Crippen molar-refractivity contribution >= 4 is 34.7 Å². The Morgan fingerprint density at radius 1 is 1.27 bits per heavy atom. The van der Waals surface area contributed by atoms with Crippen molar-refractivity contribution < 1.29 is 14.7 Å². The number of carbonyl (C=O) groups is 2. The summed E-state index contributed by atoms with van der Waals surface area (Å²) >= 11 is 5.09. The largest absolute Gasteiger partial charge is 0.396 e. The number of unbranched alkanes of at least 4 members (excludes halogenated alkanes) is 1. The third-order valence-corrected chi connectivity index (χ3v) is 3.56. The first-order valence-corrected chi connectivity index (χ1v) is 7.46. The highest BCUT2D eigenvalue weighted by atomic mass is 32.1. The van der Waals surface area contributed by atoms with Crippen molar-refractivity contribution in [3.05, 3.63) is 29.8 Å². The number of rotatable bonds is 8. The molecule has 1 aromatic rings. The average Bonchev–Trinajstić information content (AvgIpc) is 2.51. The number of primary amides is 1. The van der Waals surface area contributed by atoms with E-state index in [4.69, 9.17) is 23.1 Å². The minimum absolute atomic E-state index is 0.125. The topological polar surface area (TPSA) is 104 Å². The Kier molecular flexibility index (Phi) is 7.48. The first-order valence-electron chi connectivity index (χ1n) is 7.05. The molecule has 0 spiro atoms. The number of anilines is 1. The van der Waals surface area contributed by atoms with Gasteiger partial charge in [-0.05, 0) is 44.0 Å². The number of benzene rings is 1. The van der Waals surface area contributed by atoms with Gasteiger partial charge in [0.2, 0.25) is 5.91 Å². The Hall–Kier alpha value is -1.99. The first-order chi connectivity index (χ1) is 10.5. The van der Waals surface area contributed by atoms with Crippen LogP contribution in [0.2, 0.25) is 0 Å². The lowest BCUT2D eigenvalue weighted by molar-refractivity contribution is -0.119. The molecule has 0 radical (unpaired) electrons. The molecule has 6 nitrogen and oxygen atoms in total. The van der Waals surface area contributed by atoms with E-state index in [2.05, 4.69) is 10.6 Å². The molecule has 0 saturated heterocycles. The molecule has 1 rings (SSSR count). The van der Waals surface area contributed by atoms with Gasteiger partial charge in [0.25, 0.3) is 5.91 Å². The summed E-state index contributed by atoms with van der Waals surface area (Å²) in [5, 5.41) is 14.4. The molecule has 7 heteroatoms. The number of hydrogen-bond donors (Lipinski definition) is 4. The van der Waals surface area contributed by atoms with E-state index in [0.29, 0.717) is 29.2 Å². The van der Waals surface area contributed by atoms with Crippen molar-refractivity contribution in [1.82, 2.24) is 5.32 Å². The Labute approximate surface area is 135 Å². The van der Waals surface area contributed by atoms with E-state index in [0.717, 1.165) is 6.42 Å². The third kappa shape index (κ3) is 5.79. The lowest BCUT2D eigenvalue weighted by Crippen LogP contribution is -2.30. The molecule has 1 unspecified atom stereocenters. The standard InChI is InChI=1S/C15H21N3O3S/c1-10(13(16)20)15(22)18-12-6-4-11(5-7-12)14(21)17-8-2-3-9-19/h4-7,10,19H,2-3,8-9H2,1H3,(H2,16,20)(H,17,21)(H,18,22). The average molecular weight is 323 g/mol. The zero-order valence-corrected chi connectivity index (χ0v) is 13.3. The molecule has 1 atom stereocenters. The van der Waals surface area contributed by atoms with E-state index in [9.17, 15) is 9.59 Å². The van der Waals surface area contributed by atoms with Gasteiger partial charge in [0, 0.05) is 24.4 Å². The number of nitrogens with two attached hydrogens (primary N) is 1. The number of carbonyl (C=O) groups excluding carboxylic acids is 2. The summed E-state index contributed by atoms with van der Waals surface area (Å²) in [6, 6.07) is 6.76. The second-order valence-electron chi connectivity index (χ2n) is 4.88. The molecule has 0 saturated carbocycles. The van der Waals surface area contributed by atoms with Crippen molar-refractivity contribution in [2.45, 2.75) is 19.8 Å². The zero-order chi connectivity index (χ0) is 16.5. The molecule has 0 heterocycles. The van der Waals surface area contributed by atoms with Crippen LogP contribution in [0, 0.1) is 5.92 Å². The fourth-order valence-corrected chi connectivity index (χ4v) is 1.86. The van der Waals surface area contributed by atoms with Gasteiger partial charge < -0.3 is 21.5 Å². The zero-order valence-electron chi connectivity index (χ0n) is 12.5. The van der Waals surface area contributed by atoms with Gasteiger partial charge in [0.15, 0.2) is 0 Å². The summed E-state index contributed by atoms with van der Waals surface area (Å²) < 4.78 is 0. The first kappa shape index (κ1) is 18.1. The fourth-order valence-electron chi connectivity index (χ4n) is 1.63. The SMILES string of the molecule is CC(C(N)=O)C(=S)Nc1ccc(C(=O)NCCCCO)cc1. The van der Waals surface area contributed by atoms with E-state index in [1.165, 1.54) is 0 Å². The van der Waals surface area contributed by atoms with Gasteiger partial charge in [0.1, 0.15) is 0 Å². The van der Waals surface area contributed by atoms with Crippen LogP contribution in [-0.4, -0.2) is 35.1 Å². The minimum Gasteiger partial charge on any atom is -0.396 e. The molecule has 0 aliphatic heterocycles. The number of thiocarbonyl (C=S) groups is 1. The summed E-state index contributed by atoms with van der Waals surface area (Å²) in [4.78, 5) is 23.2. The molecule has 0 aliphatic rings. The van der Waals surface area contributed by atoms with Gasteiger partial charge in [-0.15, -0.1) is 0 Å². The molecule has 2 amide bonds. The van der Waals surface area contributed by atoms with Gasteiger partial charge >= 0.3 is 0 Å². The highest BCUT2D eigenvalue weighted by Gasteiger charge is 2.14. The second kappa shape index (κ2) is 9.11. The van der Waals surface area contributed by atoms with E-state index >= 15 is 0 Å². The molecule has 120 valence electrons. The lowest BCUT2D eigenvalue weighted by Gasteiger charge is -2.12. The minimum atomic E-state index is -0.551. The van der Waals surface area contributed by atoms with Crippen LogP contribution in [0.25, 0.3) is 0 Å². The number of hydrogen-bond acceptors (Lipinski definition) is 4. The number of aliphatic hydroxyl groups excluding tert-OH is 1. The van der Waals surface area contributed by atoms with Gasteiger partial charge in [-0.2, -0.15) is 0 Å². The van der Waals surface area contributed by atoms with E-state index in [1.54, 1.807) is 31.2 Å². The summed E-state index contributed by atoms with van der Waals surface area (Å²) in [5.41, 5.74) is 6.41. The van der Waals surface area contributed by atoms with Crippen LogP contribution >= 0.6 is 12.2 Å². The van der Waals surface area contributed by atoms with Crippen molar-refractivity contribution in [2.24, 2.45) is 11.7 Å². The Morgan fingerprint density at radius 2 is 1.91 bits per heavy atom. The van der Waals surface area contributed by atoms with E-state index in [1.807, 2.05) is 0 Å². The maximum absolute atomic E-state index is 11.9.